The molecule has 2 aromatic heterocycles. The Morgan fingerprint density at radius 2 is 2.10 bits per heavy atom. The molecule has 8 heteroatoms. The molecule has 0 aliphatic heterocycles. The first kappa shape index (κ1) is 14.4. The SMILES string of the molecule is Nc1ncc(Br)cc1-c1nnsc1-c1cccc(Cl)c1F. The van der Waals surface area contributed by atoms with Crippen LogP contribution in [0, 0.1) is 5.82 Å². The summed E-state index contributed by atoms with van der Waals surface area (Å²) in [7, 11) is 0. The van der Waals surface area contributed by atoms with E-state index in [1.54, 1.807) is 24.4 Å². The van der Waals surface area contributed by atoms with E-state index in [1.165, 1.54) is 6.07 Å². The van der Waals surface area contributed by atoms with Crippen LogP contribution in [0.5, 0.6) is 0 Å². The Morgan fingerprint density at radius 1 is 1.29 bits per heavy atom. The summed E-state index contributed by atoms with van der Waals surface area (Å²) in [4.78, 5) is 4.61. The zero-order valence-corrected chi connectivity index (χ0v) is 13.5. The third-order valence-electron chi connectivity index (χ3n) is 2.82. The maximum absolute atomic E-state index is 14.2. The van der Waals surface area contributed by atoms with Crippen LogP contribution in [0.4, 0.5) is 10.2 Å². The summed E-state index contributed by atoms with van der Waals surface area (Å²) in [5, 5.41) is 4.10. The monoisotopic (exact) mass is 384 g/mol. The predicted octanol–water partition coefficient (Wildman–Crippen LogP) is 4.40. The molecule has 0 amide bonds. The molecule has 4 nitrogen and oxygen atoms in total. The number of hydrogen-bond acceptors (Lipinski definition) is 5. The fourth-order valence-electron chi connectivity index (χ4n) is 1.86. The van der Waals surface area contributed by atoms with E-state index in [-0.39, 0.29) is 5.02 Å². The number of nitrogens with zero attached hydrogens (tertiary/aromatic N) is 3. The number of nitrogen functional groups attached to an aromatic ring is 1. The summed E-state index contributed by atoms with van der Waals surface area (Å²) in [6, 6.07) is 6.56. The maximum Gasteiger partial charge on any atom is 0.150 e. The van der Waals surface area contributed by atoms with Crippen molar-refractivity contribution in [1.82, 2.24) is 14.6 Å². The molecule has 0 fully saturated rings. The van der Waals surface area contributed by atoms with E-state index in [1.807, 2.05) is 0 Å². The van der Waals surface area contributed by atoms with Crippen LogP contribution in [0.25, 0.3) is 21.7 Å². The van der Waals surface area contributed by atoms with Crippen molar-refractivity contribution in [2.24, 2.45) is 0 Å². The number of halogens is 3. The molecule has 0 aliphatic carbocycles. The van der Waals surface area contributed by atoms with Crippen LogP contribution >= 0.6 is 39.1 Å². The fourth-order valence-corrected chi connectivity index (χ4v) is 3.07. The third-order valence-corrected chi connectivity index (χ3v) is 4.31. The summed E-state index contributed by atoms with van der Waals surface area (Å²) >= 11 is 10.2. The molecule has 1 aromatic carbocycles. The minimum absolute atomic E-state index is 0.0483. The summed E-state index contributed by atoms with van der Waals surface area (Å²) < 4.78 is 18.9. The molecule has 0 saturated carbocycles. The van der Waals surface area contributed by atoms with Crippen LogP contribution in [-0.2, 0) is 0 Å². The van der Waals surface area contributed by atoms with E-state index in [2.05, 4.69) is 30.5 Å². The van der Waals surface area contributed by atoms with Crippen molar-refractivity contribution < 1.29 is 4.39 Å². The number of benzene rings is 1. The van der Waals surface area contributed by atoms with E-state index < -0.39 is 5.82 Å². The molecular weight excluding hydrogens is 379 g/mol. The molecule has 2 heterocycles. The summed E-state index contributed by atoms with van der Waals surface area (Å²) in [6.07, 6.45) is 1.58. The Bertz CT molecular complexity index is 807. The van der Waals surface area contributed by atoms with Crippen LogP contribution < -0.4 is 5.73 Å². The first-order chi connectivity index (χ1) is 10.1. The first-order valence-electron chi connectivity index (χ1n) is 5.76. The molecule has 3 rings (SSSR count). The molecule has 0 aliphatic rings. The number of pyridine rings is 1. The van der Waals surface area contributed by atoms with Gasteiger partial charge in [0, 0.05) is 21.8 Å². The van der Waals surface area contributed by atoms with Gasteiger partial charge in [-0.3, -0.25) is 0 Å². The van der Waals surface area contributed by atoms with Crippen molar-refractivity contribution in [3.8, 4) is 21.7 Å². The van der Waals surface area contributed by atoms with Gasteiger partial charge >= 0.3 is 0 Å². The van der Waals surface area contributed by atoms with Gasteiger partial charge in [0.25, 0.3) is 0 Å². The largest absolute Gasteiger partial charge is 0.383 e. The van der Waals surface area contributed by atoms with Crippen molar-refractivity contribution in [1.29, 1.82) is 0 Å². The van der Waals surface area contributed by atoms with Crippen molar-refractivity contribution in [3.05, 3.63) is 45.8 Å². The van der Waals surface area contributed by atoms with Gasteiger partial charge in [-0.1, -0.05) is 28.2 Å². The second-order valence-corrected chi connectivity index (χ2v) is 6.22. The molecular formula is C13H7BrClFN4S. The summed E-state index contributed by atoms with van der Waals surface area (Å²) in [5.74, 6) is -0.206. The second kappa shape index (κ2) is 5.67. The predicted molar refractivity (Wildman–Crippen MR) is 85.7 cm³/mol. The van der Waals surface area contributed by atoms with E-state index in [0.29, 0.717) is 27.5 Å². The Labute approximate surface area is 137 Å². The fraction of sp³-hybridized carbons (Fsp3) is 0. The molecule has 3 aromatic rings. The second-order valence-electron chi connectivity index (χ2n) is 4.14. The van der Waals surface area contributed by atoms with Gasteiger partial charge in [-0.25, -0.2) is 9.37 Å². The van der Waals surface area contributed by atoms with Gasteiger partial charge in [0.15, 0.2) is 5.82 Å². The lowest BCUT2D eigenvalue weighted by Gasteiger charge is -2.06. The average molecular weight is 386 g/mol. The van der Waals surface area contributed by atoms with Gasteiger partial charge in [-0.15, -0.1) is 5.10 Å². The summed E-state index contributed by atoms with van der Waals surface area (Å²) in [6.45, 7) is 0. The lowest BCUT2D eigenvalue weighted by atomic mass is 10.1. The van der Waals surface area contributed by atoms with Crippen LogP contribution in [0.3, 0.4) is 0 Å². The zero-order chi connectivity index (χ0) is 15.0. The Hall–Kier alpha value is -1.57. The van der Waals surface area contributed by atoms with E-state index in [4.69, 9.17) is 17.3 Å². The number of aromatic nitrogens is 3. The Kier molecular flexibility index (Phi) is 3.88. The molecule has 106 valence electrons. The minimum atomic E-state index is -0.506. The van der Waals surface area contributed by atoms with Gasteiger partial charge in [-0.05, 0) is 39.6 Å². The molecule has 0 spiro atoms. The molecule has 2 N–H and O–H groups in total. The van der Waals surface area contributed by atoms with Gasteiger partial charge in [0.2, 0.25) is 0 Å². The lowest BCUT2D eigenvalue weighted by Crippen LogP contribution is -1.95. The standard InChI is InChI=1S/C13H7BrClFN4S/c14-6-4-8(13(17)18-5-6)11-12(21-20-19-11)7-2-1-3-9(15)10(7)16/h1-5H,(H2,17,18). The van der Waals surface area contributed by atoms with Crippen molar-refractivity contribution in [3.63, 3.8) is 0 Å². The molecule has 0 unspecified atom stereocenters. The highest BCUT2D eigenvalue weighted by Gasteiger charge is 2.19. The van der Waals surface area contributed by atoms with Gasteiger partial charge in [0.1, 0.15) is 11.5 Å². The van der Waals surface area contributed by atoms with Gasteiger partial charge in [0.05, 0.1) is 9.90 Å². The molecule has 0 bridgehead atoms. The van der Waals surface area contributed by atoms with Crippen molar-refractivity contribution in [2.45, 2.75) is 0 Å². The van der Waals surface area contributed by atoms with E-state index in [0.717, 1.165) is 16.0 Å². The maximum atomic E-state index is 14.2. The average Bonchev–Trinajstić information content (AvgIpc) is 2.93. The molecule has 21 heavy (non-hydrogen) atoms. The highest BCUT2D eigenvalue weighted by atomic mass is 79.9. The Morgan fingerprint density at radius 3 is 2.90 bits per heavy atom. The quantitative estimate of drug-likeness (QED) is 0.710. The molecule has 0 radical (unpaired) electrons. The van der Waals surface area contributed by atoms with Crippen LogP contribution in [-0.4, -0.2) is 14.6 Å². The molecule has 0 atom stereocenters. The lowest BCUT2D eigenvalue weighted by molar-refractivity contribution is 0.632. The smallest absolute Gasteiger partial charge is 0.150 e. The minimum Gasteiger partial charge on any atom is -0.383 e. The number of anilines is 1. The highest BCUT2D eigenvalue weighted by molar-refractivity contribution is 9.10. The number of nitrogens with two attached hydrogens (primary N) is 1. The zero-order valence-electron chi connectivity index (χ0n) is 10.3. The molecule has 0 saturated heterocycles. The topological polar surface area (TPSA) is 64.7 Å². The normalized spacial score (nSPS) is 10.8. The Balaban J connectivity index is 2.22. The summed E-state index contributed by atoms with van der Waals surface area (Å²) in [5.41, 5.74) is 7.29. The number of rotatable bonds is 2. The van der Waals surface area contributed by atoms with Crippen molar-refractivity contribution in [2.75, 3.05) is 5.73 Å². The first-order valence-corrected chi connectivity index (χ1v) is 7.70. The van der Waals surface area contributed by atoms with Gasteiger partial charge in [-0.2, -0.15) is 0 Å². The van der Waals surface area contributed by atoms with Crippen LogP contribution in [0.2, 0.25) is 5.02 Å². The van der Waals surface area contributed by atoms with Crippen molar-refractivity contribution >= 4 is 44.9 Å². The highest BCUT2D eigenvalue weighted by Crippen LogP contribution is 2.38. The third kappa shape index (κ3) is 2.64. The number of hydrogen-bond donors (Lipinski definition) is 1. The van der Waals surface area contributed by atoms with Crippen LogP contribution in [0.1, 0.15) is 0 Å². The van der Waals surface area contributed by atoms with E-state index in [9.17, 15) is 4.39 Å². The van der Waals surface area contributed by atoms with E-state index >= 15 is 0 Å². The van der Waals surface area contributed by atoms with Crippen LogP contribution in [0.15, 0.2) is 34.9 Å². The van der Waals surface area contributed by atoms with Gasteiger partial charge < -0.3 is 5.73 Å².